The monoisotopic (exact) mass is 319 g/mol. The zero-order chi connectivity index (χ0) is 16.2. The maximum atomic E-state index is 12.1. The molecule has 7 heteroatoms. The van der Waals surface area contributed by atoms with Crippen LogP contribution in [0.25, 0.3) is 0 Å². The summed E-state index contributed by atoms with van der Waals surface area (Å²) < 4.78 is 5.12. The van der Waals surface area contributed by atoms with Crippen LogP contribution in [0, 0.1) is 0 Å². The van der Waals surface area contributed by atoms with Gasteiger partial charge in [0.15, 0.2) is 5.13 Å². The summed E-state index contributed by atoms with van der Waals surface area (Å²) in [5.74, 6) is -0.277. The second kappa shape index (κ2) is 6.57. The van der Waals surface area contributed by atoms with E-state index in [1.165, 1.54) is 6.20 Å². The molecule has 2 aromatic rings. The van der Waals surface area contributed by atoms with Crippen molar-refractivity contribution >= 4 is 34.2 Å². The Labute approximate surface area is 132 Å². The smallest absolute Gasteiger partial charge is 0.413 e. The molecule has 0 aliphatic carbocycles. The molecule has 0 atom stereocenters. The number of aromatic nitrogens is 1. The summed E-state index contributed by atoms with van der Waals surface area (Å²) in [7, 11) is 0. The molecule has 22 heavy (non-hydrogen) atoms. The molecule has 0 saturated carbocycles. The molecule has 2 N–H and O–H groups in total. The van der Waals surface area contributed by atoms with Gasteiger partial charge in [0.05, 0.1) is 6.20 Å². The SMILES string of the molecule is CC(C)(C)OC(=O)Nc1ncc(C(=O)Nc2ccccc2)s1. The molecule has 6 nitrogen and oxygen atoms in total. The first-order valence-corrected chi connectivity index (χ1v) is 7.47. The van der Waals surface area contributed by atoms with Crippen LogP contribution in [-0.2, 0) is 4.74 Å². The van der Waals surface area contributed by atoms with Gasteiger partial charge in [-0.3, -0.25) is 10.1 Å². The Bertz CT molecular complexity index is 662. The van der Waals surface area contributed by atoms with E-state index in [1.807, 2.05) is 18.2 Å². The van der Waals surface area contributed by atoms with E-state index in [0.717, 1.165) is 11.3 Å². The van der Waals surface area contributed by atoms with Gasteiger partial charge in [-0.05, 0) is 32.9 Å². The van der Waals surface area contributed by atoms with Crippen LogP contribution < -0.4 is 10.6 Å². The van der Waals surface area contributed by atoms with E-state index in [1.54, 1.807) is 32.9 Å². The van der Waals surface area contributed by atoms with Crippen molar-refractivity contribution in [3.8, 4) is 0 Å². The molecule has 1 aromatic carbocycles. The Morgan fingerprint density at radius 1 is 1.14 bits per heavy atom. The zero-order valence-corrected chi connectivity index (χ0v) is 13.4. The maximum Gasteiger partial charge on any atom is 0.413 e. The molecule has 0 radical (unpaired) electrons. The van der Waals surface area contributed by atoms with Gasteiger partial charge in [-0.2, -0.15) is 0 Å². The average Bonchev–Trinajstić information content (AvgIpc) is 2.86. The van der Waals surface area contributed by atoms with Crippen molar-refractivity contribution in [3.05, 3.63) is 41.4 Å². The van der Waals surface area contributed by atoms with Gasteiger partial charge in [0.2, 0.25) is 0 Å². The highest BCUT2D eigenvalue weighted by atomic mass is 32.1. The number of para-hydroxylation sites is 1. The minimum absolute atomic E-state index is 0.277. The first-order valence-electron chi connectivity index (χ1n) is 6.66. The standard InChI is InChI=1S/C15H17N3O3S/c1-15(2,3)21-14(20)18-13-16-9-11(22-13)12(19)17-10-7-5-4-6-8-10/h4-9H,1-3H3,(H,17,19)(H,16,18,20). The second-order valence-electron chi connectivity index (χ2n) is 5.48. The summed E-state index contributed by atoms with van der Waals surface area (Å²) >= 11 is 1.08. The largest absolute Gasteiger partial charge is 0.444 e. The van der Waals surface area contributed by atoms with Crippen molar-refractivity contribution in [2.75, 3.05) is 10.6 Å². The second-order valence-corrected chi connectivity index (χ2v) is 6.51. The fourth-order valence-electron chi connectivity index (χ4n) is 1.54. The van der Waals surface area contributed by atoms with Crippen molar-refractivity contribution < 1.29 is 14.3 Å². The molecular formula is C15H17N3O3S. The van der Waals surface area contributed by atoms with E-state index in [9.17, 15) is 9.59 Å². The van der Waals surface area contributed by atoms with Gasteiger partial charge in [0.25, 0.3) is 5.91 Å². The number of nitrogens with zero attached hydrogens (tertiary/aromatic N) is 1. The number of hydrogen-bond donors (Lipinski definition) is 2. The molecular weight excluding hydrogens is 302 g/mol. The summed E-state index contributed by atoms with van der Waals surface area (Å²) in [5, 5.41) is 5.57. The first-order chi connectivity index (χ1) is 10.3. The number of carbonyl (C=O) groups is 2. The molecule has 0 bridgehead atoms. The number of amides is 2. The minimum Gasteiger partial charge on any atom is -0.444 e. The molecule has 0 aliphatic rings. The van der Waals surface area contributed by atoms with E-state index >= 15 is 0 Å². The molecule has 0 unspecified atom stereocenters. The Balaban J connectivity index is 1.96. The van der Waals surface area contributed by atoms with Gasteiger partial charge < -0.3 is 10.1 Å². The third kappa shape index (κ3) is 4.85. The molecule has 0 fully saturated rings. The van der Waals surface area contributed by atoms with Gasteiger partial charge >= 0.3 is 6.09 Å². The predicted molar refractivity (Wildman–Crippen MR) is 86.4 cm³/mol. The Kier molecular flexibility index (Phi) is 4.77. The van der Waals surface area contributed by atoms with Crippen molar-refractivity contribution in [2.45, 2.75) is 26.4 Å². The van der Waals surface area contributed by atoms with Crippen LogP contribution in [0.4, 0.5) is 15.6 Å². The minimum atomic E-state index is -0.600. The number of hydrogen-bond acceptors (Lipinski definition) is 5. The molecule has 1 aromatic heterocycles. The van der Waals surface area contributed by atoms with E-state index in [0.29, 0.717) is 15.7 Å². The fraction of sp³-hybridized carbons (Fsp3) is 0.267. The van der Waals surface area contributed by atoms with Crippen LogP contribution in [-0.4, -0.2) is 22.6 Å². The number of ether oxygens (including phenoxy) is 1. The van der Waals surface area contributed by atoms with Crippen molar-refractivity contribution in [2.24, 2.45) is 0 Å². The quantitative estimate of drug-likeness (QED) is 0.903. The summed E-state index contributed by atoms with van der Waals surface area (Å²) in [6, 6.07) is 9.11. The fourth-order valence-corrected chi connectivity index (χ4v) is 2.24. The topological polar surface area (TPSA) is 80.3 Å². The van der Waals surface area contributed by atoms with Gasteiger partial charge in [-0.1, -0.05) is 29.5 Å². The van der Waals surface area contributed by atoms with Crippen LogP contribution in [0.5, 0.6) is 0 Å². The van der Waals surface area contributed by atoms with Crippen molar-refractivity contribution in [1.82, 2.24) is 4.98 Å². The number of carbonyl (C=O) groups excluding carboxylic acids is 2. The van der Waals surface area contributed by atoms with E-state index in [2.05, 4.69) is 15.6 Å². The molecule has 0 aliphatic heterocycles. The molecule has 2 rings (SSSR count). The van der Waals surface area contributed by atoms with E-state index in [4.69, 9.17) is 4.74 Å². The molecule has 0 saturated heterocycles. The summed E-state index contributed by atoms with van der Waals surface area (Å²) in [5.41, 5.74) is 0.108. The molecule has 1 heterocycles. The average molecular weight is 319 g/mol. The number of rotatable bonds is 3. The number of nitrogens with one attached hydrogen (secondary N) is 2. The summed E-state index contributed by atoms with van der Waals surface area (Å²) in [6.07, 6.45) is 0.812. The van der Waals surface area contributed by atoms with Crippen molar-refractivity contribution in [1.29, 1.82) is 0 Å². The zero-order valence-electron chi connectivity index (χ0n) is 12.5. The number of anilines is 2. The Morgan fingerprint density at radius 3 is 2.45 bits per heavy atom. The lowest BCUT2D eigenvalue weighted by Crippen LogP contribution is -2.27. The highest BCUT2D eigenvalue weighted by Crippen LogP contribution is 2.20. The lowest BCUT2D eigenvalue weighted by molar-refractivity contribution is 0.0635. The summed E-state index contributed by atoms with van der Waals surface area (Å²) in [4.78, 5) is 28.1. The van der Waals surface area contributed by atoms with Gasteiger partial charge in [-0.15, -0.1) is 0 Å². The summed E-state index contributed by atoms with van der Waals surface area (Å²) in [6.45, 7) is 5.31. The number of benzene rings is 1. The molecule has 0 spiro atoms. The van der Waals surface area contributed by atoms with Crippen LogP contribution in [0.15, 0.2) is 36.5 Å². The molecule has 2 amide bonds. The highest BCUT2D eigenvalue weighted by Gasteiger charge is 2.18. The highest BCUT2D eigenvalue weighted by molar-refractivity contribution is 7.17. The Morgan fingerprint density at radius 2 is 1.82 bits per heavy atom. The molecule has 116 valence electrons. The normalized spacial score (nSPS) is 10.9. The lowest BCUT2D eigenvalue weighted by atomic mass is 10.2. The van der Waals surface area contributed by atoms with Crippen LogP contribution in [0.1, 0.15) is 30.4 Å². The third-order valence-electron chi connectivity index (χ3n) is 2.37. The van der Waals surface area contributed by atoms with Gasteiger partial charge in [-0.25, -0.2) is 9.78 Å². The van der Waals surface area contributed by atoms with Gasteiger partial charge in [0.1, 0.15) is 10.5 Å². The predicted octanol–water partition coefficient (Wildman–Crippen LogP) is 3.74. The van der Waals surface area contributed by atoms with Crippen LogP contribution in [0.3, 0.4) is 0 Å². The van der Waals surface area contributed by atoms with Crippen LogP contribution >= 0.6 is 11.3 Å². The van der Waals surface area contributed by atoms with Gasteiger partial charge in [0, 0.05) is 5.69 Å². The lowest BCUT2D eigenvalue weighted by Gasteiger charge is -2.18. The van der Waals surface area contributed by atoms with E-state index in [-0.39, 0.29) is 5.91 Å². The third-order valence-corrected chi connectivity index (χ3v) is 3.28. The number of thiazole rings is 1. The Hall–Kier alpha value is -2.41. The maximum absolute atomic E-state index is 12.1. The van der Waals surface area contributed by atoms with E-state index < -0.39 is 11.7 Å². The van der Waals surface area contributed by atoms with Crippen molar-refractivity contribution in [3.63, 3.8) is 0 Å². The van der Waals surface area contributed by atoms with Crippen LogP contribution in [0.2, 0.25) is 0 Å². The first kappa shape index (κ1) is 16.0.